The van der Waals surface area contributed by atoms with Gasteiger partial charge < -0.3 is 4.42 Å². The number of hydrogen-bond donors (Lipinski definition) is 0. The Balaban J connectivity index is 1.51. The summed E-state index contributed by atoms with van der Waals surface area (Å²) in [6.45, 7) is 0. The van der Waals surface area contributed by atoms with E-state index in [1.807, 2.05) is 0 Å². The van der Waals surface area contributed by atoms with E-state index < -0.39 is 0 Å². The molecule has 9 rings (SSSR count). The lowest BCUT2D eigenvalue weighted by atomic mass is 9.81. The molecule has 8 aromatic carbocycles. The zero-order chi connectivity index (χ0) is 29.7. The van der Waals surface area contributed by atoms with E-state index in [2.05, 4.69) is 170 Å². The minimum absolute atomic E-state index is 0.896. The Hall–Kier alpha value is -5.92. The minimum Gasteiger partial charge on any atom is -0.456 e. The third kappa shape index (κ3) is 4.02. The highest BCUT2D eigenvalue weighted by Crippen LogP contribution is 2.51. The van der Waals surface area contributed by atoms with Crippen LogP contribution >= 0.6 is 0 Å². The summed E-state index contributed by atoms with van der Waals surface area (Å²) in [5, 5.41) is 7.21. The van der Waals surface area contributed by atoms with Crippen molar-refractivity contribution in [1.82, 2.24) is 0 Å². The number of rotatable bonds is 4. The number of hydrogen-bond acceptors (Lipinski definition) is 1. The van der Waals surface area contributed by atoms with Crippen molar-refractivity contribution in [1.29, 1.82) is 0 Å². The number of para-hydroxylation sites is 1. The monoisotopic (exact) mass is 572 g/mol. The second kappa shape index (κ2) is 10.4. The molecule has 210 valence electrons. The highest BCUT2D eigenvalue weighted by atomic mass is 16.3. The van der Waals surface area contributed by atoms with Crippen LogP contribution < -0.4 is 0 Å². The van der Waals surface area contributed by atoms with E-state index in [9.17, 15) is 0 Å². The Bertz CT molecular complexity index is 2460. The summed E-state index contributed by atoms with van der Waals surface area (Å²) in [6, 6.07) is 60.9. The molecule has 0 radical (unpaired) electrons. The first-order valence-corrected chi connectivity index (χ1v) is 15.4. The van der Waals surface area contributed by atoms with Gasteiger partial charge in [-0.05, 0) is 78.7 Å². The fourth-order valence-corrected chi connectivity index (χ4v) is 7.20. The molecule has 0 aliphatic rings. The lowest BCUT2D eigenvalue weighted by Gasteiger charge is -2.21. The van der Waals surface area contributed by atoms with Gasteiger partial charge in [0, 0.05) is 16.3 Å². The number of fused-ring (bicyclic) bond motifs is 5. The minimum atomic E-state index is 0.896. The Morgan fingerprint density at radius 2 is 0.756 bits per heavy atom. The van der Waals surface area contributed by atoms with Gasteiger partial charge in [0.1, 0.15) is 11.2 Å². The SMILES string of the molecule is c1ccc(-c2ccccc2-c2ccc3oc4ccccc4c3c2-c2c3ccccc3c(-c3ccccc3)c3ccccc23)cc1. The van der Waals surface area contributed by atoms with Crippen LogP contribution in [0.4, 0.5) is 0 Å². The van der Waals surface area contributed by atoms with Gasteiger partial charge in [0.05, 0.1) is 0 Å². The molecule has 0 aliphatic heterocycles. The molecule has 0 N–H and O–H groups in total. The zero-order valence-corrected chi connectivity index (χ0v) is 24.6. The summed E-state index contributed by atoms with van der Waals surface area (Å²) in [7, 11) is 0. The van der Waals surface area contributed by atoms with E-state index in [-0.39, 0.29) is 0 Å². The van der Waals surface area contributed by atoms with Crippen LogP contribution in [0.1, 0.15) is 0 Å². The Labute approximate surface area is 261 Å². The molecule has 0 bridgehead atoms. The molecule has 0 atom stereocenters. The first kappa shape index (κ1) is 25.6. The molecular formula is C44H28O. The van der Waals surface area contributed by atoms with Crippen LogP contribution in [0.25, 0.3) is 88.0 Å². The van der Waals surface area contributed by atoms with E-state index in [1.54, 1.807) is 0 Å². The summed E-state index contributed by atoms with van der Waals surface area (Å²) in [5.74, 6) is 0. The van der Waals surface area contributed by atoms with Gasteiger partial charge in [-0.3, -0.25) is 0 Å². The smallest absolute Gasteiger partial charge is 0.136 e. The van der Waals surface area contributed by atoms with Crippen molar-refractivity contribution >= 4 is 43.5 Å². The molecule has 1 heteroatoms. The maximum Gasteiger partial charge on any atom is 0.136 e. The second-order valence-corrected chi connectivity index (χ2v) is 11.6. The Morgan fingerprint density at radius 1 is 0.267 bits per heavy atom. The van der Waals surface area contributed by atoms with E-state index in [0.29, 0.717) is 0 Å². The van der Waals surface area contributed by atoms with Crippen molar-refractivity contribution in [2.75, 3.05) is 0 Å². The van der Waals surface area contributed by atoms with Gasteiger partial charge in [0.15, 0.2) is 0 Å². The maximum absolute atomic E-state index is 6.54. The van der Waals surface area contributed by atoms with E-state index in [0.717, 1.165) is 21.9 Å². The van der Waals surface area contributed by atoms with E-state index in [4.69, 9.17) is 4.42 Å². The normalized spacial score (nSPS) is 11.6. The average Bonchev–Trinajstić information content (AvgIpc) is 3.50. The van der Waals surface area contributed by atoms with Gasteiger partial charge >= 0.3 is 0 Å². The molecule has 0 fully saturated rings. The molecule has 0 amide bonds. The summed E-state index contributed by atoms with van der Waals surface area (Å²) in [6.07, 6.45) is 0. The predicted octanol–water partition coefficient (Wildman–Crippen LogP) is 12.6. The maximum atomic E-state index is 6.54. The van der Waals surface area contributed by atoms with Crippen LogP contribution in [0, 0.1) is 0 Å². The molecule has 1 aromatic heterocycles. The second-order valence-electron chi connectivity index (χ2n) is 11.6. The van der Waals surface area contributed by atoms with Crippen molar-refractivity contribution in [3.05, 3.63) is 170 Å². The third-order valence-electron chi connectivity index (χ3n) is 9.09. The predicted molar refractivity (Wildman–Crippen MR) is 190 cm³/mol. The molecule has 0 unspecified atom stereocenters. The standard InChI is InChI=1S/C44H28O/c1-3-15-29(16-4-1)31-19-7-8-20-32(31)37-27-28-40-43(38-25-13-14-26-39(38)45-40)44(37)42-35-23-11-9-21-33(35)41(30-17-5-2-6-18-30)34-22-10-12-24-36(34)42/h1-28H. The molecule has 9 aromatic rings. The van der Waals surface area contributed by atoms with Gasteiger partial charge in [0.2, 0.25) is 0 Å². The van der Waals surface area contributed by atoms with Gasteiger partial charge in [-0.15, -0.1) is 0 Å². The van der Waals surface area contributed by atoms with Crippen LogP contribution in [0.5, 0.6) is 0 Å². The van der Waals surface area contributed by atoms with Gasteiger partial charge in [0.25, 0.3) is 0 Å². The largest absolute Gasteiger partial charge is 0.456 e. The topological polar surface area (TPSA) is 13.1 Å². The van der Waals surface area contributed by atoms with Crippen molar-refractivity contribution in [2.24, 2.45) is 0 Å². The first-order valence-electron chi connectivity index (χ1n) is 15.4. The van der Waals surface area contributed by atoms with Crippen LogP contribution in [0.15, 0.2) is 174 Å². The highest BCUT2D eigenvalue weighted by Gasteiger charge is 2.24. The molecule has 1 nitrogen and oxygen atoms in total. The van der Waals surface area contributed by atoms with Crippen molar-refractivity contribution < 1.29 is 4.42 Å². The molecule has 0 saturated carbocycles. The Kier molecular flexibility index (Phi) is 5.89. The molecule has 0 aliphatic carbocycles. The lowest BCUT2D eigenvalue weighted by molar-refractivity contribution is 0.669. The van der Waals surface area contributed by atoms with E-state index in [1.165, 1.54) is 66.1 Å². The molecule has 45 heavy (non-hydrogen) atoms. The molecule has 0 spiro atoms. The first-order chi connectivity index (χ1) is 22.4. The third-order valence-corrected chi connectivity index (χ3v) is 9.09. The highest BCUT2D eigenvalue weighted by molar-refractivity contribution is 6.27. The molecular weight excluding hydrogens is 544 g/mol. The lowest BCUT2D eigenvalue weighted by Crippen LogP contribution is -1.94. The Morgan fingerprint density at radius 3 is 1.40 bits per heavy atom. The summed E-state index contributed by atoms with van der Waals surface area (Å²) in [5.41, 5.74) is 11.5. The fourth-order valence-electron chi connectivity index (χ4n) is 7.20. The van der Waals surface area contributed by atoms with Crippen LogP contribution in [-0.4, -0.2) is 0 Å². The van der Waals surface area contributed by atoms with Crippen molar-refractivity contribution in [2.45, 2.75) is 0 Å². The number of benzene rings is 8. The van der Waals surface area contributed by atoms with Crippen molar-refractivity contribution in [3.63, 3.8) is 0 Å². The van der Waals surface area contributed by atoms with Crippen LogP contribution in [-0.2, 0) is 0 Å². The van der Waals surface area contributed by atoms with Gasteiger partial charge in [-0.2, -0.15) is 0 Å². The fraction of sp³-hybridized carbons (Fsp3) is 0. The molecule has 0 saturated heterocycles. The van der Waals surface area contributed by atoms with Gasteiger partial charge in [-0.1, -0.05) is 152 Å². The van der Waals surface area contributed by atoms with Gasteiger partial charge in [-0.25, -0.2) is 0 Å². The van der Waals surface area contributed by atoms with Crippen LogP contribution in [0.2, 0.25) is 0 Å². The summed E-state index contributed by atoms with van der Waals surface area (Å²) < 4.78 is 6.54. The zero-order valence-electron chi connectivity index (χ0n) is 24.6. The van der Waals surface area contributed by atoms with Crippen molar-refractivity contribution in [3.8, 4) is 44.5 Å². The van der Waals surface area contributed by atoms with Crippen LogP contribution in [0.3, 0.4) is 0 Å². The molecule has 1 heterocycles. The average molecular weight is 573 g/mol. The quantitative estimate of drug-likeness (QED) is 0.191. The van der Waals surface area contributed by atoms with E-state index >= 15 is 0 Å². The summed E-state index contributed by atoms with van der Waals surface area (Å²) >= 11 is 0. The number of furan rings is 1. The summed E-state index contributed by atoms with van der Waals surface area (Å²) in [4.78, 5) is 0.